The van der Waals surface area contributed by atoms with Crippen molar-refractivity contribution < 1.29 is 5.21 Å². The average Bonchev–Trinajstić information content (AvgIpc) is 2.71. The second-order valence-corrected chi connectivity index (χ2v) is 8.88. The fourth-order valence-electron chi connectivity index (χ4n) is 4.03. The largest absolute Gasteiger partial charge is 0.411 e. The number of nitrogens with zero attached hydrogens (tertiary/aromatic N) is 1. The third-order valence-corrected chi connectivity index (χ3v) is 6.03. The molecule has 0 saturated heterocycles. The summed E-state index contributed by atoms with van der Waals surface area (Å²) in [6, 6.07) is 0. The highest BCUT2D eigenvalue weighted by Crippen LogP contribution is 2.15. The van der Waals surface area contributed by atoms with E-state index in [9.17, 15) is 0 Å². The van der Waals surface area contributed by atoms with E-state index in [2.05, 4.69) is 19.0 Å². The Morgan fingerprint density at radius 2 is 0.679 bits per heavy atom. The highest BCUT2D eigenvalue weighted by Gasteiger charge is 2.01. The van der Waals surface area contributed by atoms with E-state index < -0.39 is 0 Å². The van der Waals surface area contributed by atoms with Gasteiger partial charge >= 0.3 is 0 Å². The van der Waals surface area contributed by atoms with Crippen LogP contribution in [-0.2, 0) is 0 Å². The van der Waals surface area contributed by atoms with E-state index in [0.29, 0.717) is 0 Å². The SMILES string of the molecule is CCCCCCCCCCCCCCCCCC(CCCCCCCC)=NO. The fourth-order valence-corrected chi connectivity index (χ4v) is 4.03. The van der Waals surface area contributed by atoms with Crippen LogP contribution >= 0.6 is 0 Å². The van der Waals surface area contributed by atoms with E-state index >= 15 is 0 Å². The first-order chi connectivity index (χ1) is 13.8. The number of unbranched alkanes of at least 4 members (excludes halogenated alkanes) is 19. The van der Waals surface area contributed by atoms with Gasteiger partial charge in [-0.15, -0.1) is 0 Å². The van der Waals surface area contributed by atoms with Gasteiger partial charge in [-0.2, -0.15) is 0 Å². The van der Waals surface area contributed by atoms with Gasteiger partial charge in [-0.1, -0.05) is 141 Å². The maximum atomic E-state index is 9.17. The lowest BCUT2D eigenvalue weighted by atomic mass is 10.0. The van der Waals surface area contributed by atoms with Gasteiger partial charge in [-0.3, -0.25) is 0 Å². The Morgan fingerprint density at radius 3 is 0.929 bits per heavy atom. The van der Waals surface area contributed by atoms with Crippen LogP contribution in [0.25, 0.3) is 0 Å². The topological polar surface area (TPSA) is 32.6 Å². The number of rotatable bonds is 23. The van der Waals surface area contributed by atoms with Crippen molar-refractivity contribution in [2.24, 2.45) is 5.16 Å². The molecule has 2 nitrogen and oxygen atoms in total. The maximum absolute atomic E-state index is 9.17. The lowest BCUT2D eigenvalue weighted by molar-refractivity contribution is 0.315. The van der Waals surface area contributed by atoms with Crippen LogP contribution in [0.4, 0.5) is 0 Å². The van der Waals surface area contributed by atoms with Gasteiger partial charge in [0.15, 0.2) is 0 Å². The molecule has 0 aromatic heterocycles. The molecular weight excluding hydrogens is 342 g/mol. The summed E-state index contributed by atoms with van der Waals surface area (Å²) in [5.74, 6) is 0. The number of hydrogen-bond donors (Lipinski definition) is 1. The molecule has 0 fully saturated rings. The summed E-state index contributed by atoms with van der Waals surface area (Å²) in [7, 11) is 0. The summed E-state index contributed by atoms with van der Waals surface area (Å²) < 4.78 is 0. The normalized spacial score (nSPS) is 12.0. The molecule has 0 aromatic rings. The molecule has 0 unspecified atom stereocenters. The quantitative estimate of drug-likeness (QED) is 0.0793. The molecule has 0 aromatic carbocycles. The molecule has 0 saturated carbocycles. The van der Waals surface area contributed by atoms with Gasteiger partial charge in [0.05, 0.1) is 5.71 Å². The van der Waals surface area contributed by atoms with Crippen LogP contribution in [0.5, 0.6) is 0 Å². The van der Waals surface area contributed by atoms with E-state index in [1.807, 2.05) is 0 Å². The predicted molar refractivity (Wildman–Crippen MR) is 127 cm³/mol. The minimum absolute atomic E-state index is 1.00. The second kappa shape index (κ2) is 24.5. The van der Waals surface area contributed by atoms with Gasteiger partial charge in [0, 0.05) is 0 Å². The fraction of sp³-hybridized carbons (Fsp3) is 0.962. The van der Waals surface area contributed by atoms with Crippen LogP contribution in [-0.4, -0.2) is 10.9 Å². The Balaban J connectivity index is 3.24. The Bertz CT molecular complexity index is 314. The zero-order valence-corrected chi connectivity index (χ0v) is 19.7. The molecule has 0 aliphatic heterocycles. The molecule has 0 amide bonds. The molecule has 0 aliphatic rings. The molecule has 0 radical (unpaired) electrons. The minimum atomic E-state index is 1.00. The van der Waals surface area contributed by atoms with Gasteiger partial charge in [0.2, 0.25) is 0 Å². The molecule has 28 heavy (non-hydrogen) atoms. The number of oxime groups is 1. The minimum Gasteiger partial charge on any atom is -0.411 e. The van der Waals surface area contributed by atoms with Gasteiger partial charge in [0.1, 0.15) is 0 Å². The smallest absolute Gasteiger partial charge is 0.0570 e. The summed E-state index contributed by atoms with van der Waals surface area (Å²) in [5.41, 5.74) is 1.03. The van der Waals surface area contributed by atoms with Crippen molar-refractivity contribution in [1.82, 2.24) is 0 Å². The summed E-state index contributed by atoms with van der Waals surface area (Å²) in [6.45, 7) is 4.55. The Kier molecular flexibility index (Phi) is 24.0. The van der Waals surface area contributed by atoms with Crippen LogP contribution in [0.2, 0.25) is 0 Å². The first-order valence-corrected chi connectivity index (χ1v) is 13.0. The molecule has 0 heterocycles. The molecule has 0 aliphatic carbocycles. The average molecular weight is 396 g/mol. The predicted octanol–water partition coefficient (Wildman–Crippen LogP) is 9.83. The Labute approximate surface area is 178 Å². The summed E-state index contributed by atoms with van der Waals surface area (Å²) in [5, 5.41) is 12.7. The molecule has 0 rings (SSSR count). The van der Waals surface area contributed by atoms with Gasteiger partial charge in [-0.25, -0.2) is 0 Å². The van der Waals surface area contributed by atoms with E-state index in [1.165, 1.54) is 135 Å². The highest BCUT2D eigenvalue weighted by atomic mass is 16.4. The summed E-state index contributed by atoms with van der Waals surface area (Å²) >= 11 is 0. The van der Waals surface area contributed by atoms with Crippen molar-refractivity contribution >= 4 is 5.71 Å². The van der Waals surface area contributed by atoms with Crippen molar-refractivity contribution in [3.05, 3.63) is 0 Å². The standard InChI is InChI=1S/C26H53NO/c1-3-5-7-9-11-12-13-14-15-16-17-18-19-21-23-25-26(27-28)24-22-20-10-8-6-4-2/h28H,3-25H2,1-2H3. The second-order valence-electron chi connectivity index (χ2n) is 8.88. The van der Waals surface area contributed by atoms with Crippen LogP contribution in [0.15, 0.2) is 5.16 Å². The van der Waals surface area contributed by atoms with Crippen molar-refractivity contribution in [3.8, 4) is 0 Å². The molecule has 168 valence electrons. The van der Waals surface area contributed by atoms with Crippen LogP contribution in [0, 0.1) is 0 Å². The Morgan fingerprint density at radius 1 is 0.429 bits per heavy atom. The lowest BCUT2D eigenvalue weighted by Gasteiger charge is -2.05. The molecule has 0 atom stereocenters. The molecule has 0 spiro atoms. The van der Waals surface area contributed by atoms with Crippen molar-refractivity contribution in [3.63, 3.8) is 0 Å². The summed E-state index contributed by atoms with van der Waals surface area (Å²) in [4.78, 5) is 0. The first kappa shape index (κ1) is 27.5. The van der Waals surface area contributed by atoms with Gasteiger partial charge < -0.3 is 5.21 Å². The zero-order valence-electron chi connectivity index (χ0n) is 19.7. The van der Waals surface area contributed by atoms with Gasteiger partial charge in [-0.05, 0) is 25.7 Å². The third-order valence-electron chi connectivity index (χ3n) is 6.03. The van der Waals surface area contributed by atoms with E-state index in [-0.39, 0.29) is 0 Å². The third kappa shape index (κ3) is 21.8. The van der Waals surface area contributed by atoms with Crippen LogP contribution in [0.1, 0.15) is 162 Å². The van der Waals surface area contributed by atoms with E-state index in [1.54, 1.807) is 0 Å². The van der Waals surface area contributed by atoms with Crippen LogP contribution < -0.4 is 0 Å². The van der Waals surface area contributed by atoms with Crippen molar-refractivity contribution in [2.75, 3.05) is 0 Å². The summed E-state index contributed by atoms with van der Waals surface area (Å²) in [6.07, 6.45) is 30.9. The van der Waals surface area contributed by atoms with Crippen LogP contribution in [0.3, 0.4) is 0 Å². The zero-order chi connectivity index (χ0) is 20.5. The first-order valence-electron chi connectivity index (χ1n) is 13.0. The molecule has 2 heteroatoms. The highest BCUT2D eigenvalue weighted by molar-refractivity contribution is 5.83. The van der Waals surface area contributed by atoms with Gasteiger partial charge in [0.25, 0.3) is 0 Å². The van der Waals surface area contributed by atoms with E-state index in [4.69, 9.17) is 5.21 Å². The van der Waals surface area contributed by atoms with Crippen molar-refractivity contribution in [2.45, 2.75) is 162 Å². The lowest BCUT2D eigenvalue weighted by Crippen LogP contribution is -1.99. The maximum Gasteiger partial charge on any atom is 0.0570 e. The Hall–Kier alpha value is -0.530. The molecule has 0 bridgehead atoms. The molecule has 1 N–H and O–H groups in total. The monoisotopic (exact) mass is 395 g/mol. The van der Waals surface area contributed by atoms with Crippen molar-refractivity contribution in [1.29, 1.82) is 0 Å². The number of hydrogen-bond acceptors (Lipinski definition) is 2. The van der Waals surface area contributed by atoms with E-state index in [0.717, 1.165) is 18.6 Å². The molecular formula is C26H53NO.